The van der Waals surface area contributed by atoms with E-state index >= 15 is 0 Å². The third-order valence-corrected chi connectivity index (χ3v) is 6.98. The molecular weight excluding hydrogens is 194 g/mol. The van der Waals surface area contributed by atoms with Crippen LogP contribution in [0.5, 0.6) is 0 Å². The molecule has 0 aromatic rings. The molecule has 0 bridgehead atoms. The summed E-state index contributed by atoms with van der Waals surface area (Å²) in [5.41, 5.74) is 1.44. The minimum absolute atomic E-state index is 0.900. The third-order valence-electron chi connectivity index (χ3n) is 2.35. The lowest BCUT2D eigenvalue weighted by Gasteiger charge is -2.28. The van der Waals surface area contributed by atoms with Crippen molar-refractivity contribution in [2.45, 2.75) is 50.6 Å². The molecule has 0 spiro atoms. The summed E-state index contributed by atoms with van der Waals surface area (Å²) in [5.74, 6) is 0. The van der Waals surface area contributed by atoms with Crippen LogP contribution in [0.25, 0.3) is 0 Å². The summed E-state index contributed by atoms with van der Waals surface area (Å²) in [6, 6.07) is 0. The van der Waals surface area contributed by atoms with Gasteiger partial charge in [-0.15, -0.1) is 0 Å². The van der Waals surface area contributed by atoms with Gasteiger partial charge in [-0.2, -0.15) is 11.2 Å². The Kier molecular flexibility index (Phi) is 4.04. The number of aliphatic imine (C=N–C) groups is 1. The van der Waals surface area contributed by atoms with Crippen molar-refractivity contribution in [3.8, 4) is 0 Å². The molecule has 1 rings (SSSR count). The highest BCUT2D eigenvalue weighted by atomic mass is 32.4. The quantitative estimate of drug-likeness (QED) is 0.642. The predicted molar refractivity (Wildman–Crippen MR) is 66.6 cm³/mol. The first-order valence-electron chi connectivity index (χ1n) is 5.13. The van der Waals surface area contributed by atoms with Crippen molar-refractivity contribution in [3.63, 3.8) is 0 Å². The smallest absolute Gasteiger partial charge is 0.108 e. The highest BCUT2D eigenvalue weighted by molar-refractivity contribution is 8.29. The van der Waals surface area contributed by atoms with Gasteiger partial charge in [0.2, 0.25) is 0 Å². The number of hydrogen-bond donors (Lipinski definition) is 0. The zero-order chi connectivity index (χ0) is 9.90. The van der Waals surface area contributed by atoms with Crippen LogP contribution in [0, 0.1) is 0 Å². The molecule has 0 heterocycles. The fraction of sp³-hybridized carbons (Fsp3) is 0.900. The molecule has 1 aliphatic rings. The summed E-state index contributed by atoms with van der Waals surface area (Å²) >= 11 is 2.27. The van der Waals surface area contributed by atoms with E-state index in [-0.39, 0.29) is 0 Å². The maximum atomic E-state index is 4.30. The zero-order valence-electron chi connectivity index (χ0n) is 9.26. The van der Waals surface area contributed by atoms with E-state index in [4.69, 9.17) is 0 Å². The van der Waals surface area contributed by atoms with Crippen LogP contribution in [0.1, 0.15) is 25.7 Å². The second kappa shape index (κ2) is 4.65. The second-order valence-corrected chi connectivity index (χ2v) is 14.2. The van der Waals surface area contributed by atoms with Gasteiger partial charge in [0.05, 0.1) is 0 Å². The Balaban J connectivity index is 2.33. The van der Waals surface area contributed by atoms with Gasteiger partial charge in [0, 0.05) is 12.8 Å². The molecule has 0 amide bonds. The van der Waals surface area contributed by atoms with Gasteiger partial charge in [0.15, 0.2) is 0 Å². The Labute approximate surface area is 87.1 Å². The van der Waals surface area contributed by atoms with Gasteiger partial charge >= 0.3 is 0 Å². The molecule has 1 saturated carbocycles. The van der Waals surface area contributed by atoms with Crippen LogP contribution in [-0.2, 0) is 0 Å². The normalized spacial score (nSPS) is 24.6. The topological polar surface area (TPSA) is 12.4 Å². The largest absolute Gasteiger partial charge is 0.297 e. The molecule has 1 aliphatic carbocycles. The standard InChI is InChI=1S/C10H21NSSi/c1-11-9-5-7-10(8-6-9)12-13(2,3)4/h10H,5-8H2,1-4H3. The summed E-state index contributed by atoms with van der Waals surface area (Å²) in [6.45, 7) is 7.34. The van der Waals surface area contributed by atoms with Crippen LogP contribution in [0.2, 0.25) is 19.6 Å². The fourth-order valence-corrected chi connectivity index (χ4v) is 6.94. The molecule has 1 fully saturated rings. The number of nitrogens with zero attached hydrogens (tertiary/aromatic N) is 1. The van der Waals surface area contributed by atoms with E-state index < -0.39 is 7.22 Å². The highest BCUT2D eigenvalue weighted by Crippen LogP contribution is 2.33. The second-order valence-electron chi connectivity index (χ2n) is 4.72. The van der Waals surface area contributed by atoms with E-state index in [1.165, 1.54) is 31.4 Å². The molecule has 1 nitrogen and oxygen atoms in total. The van der Waals surface area contributed by atoms with Crippen molar-refractivity contribution < 1.29 is 0 Å². The van der Waals surface area contributed by atoms with E-state index in [9.17, 15) is 0 Å². The predicted octanol–water partition coefficient (Wildman–Crippen LogP) is 3.57. The van der Waals surface area contributed by atoms with Gasteiger partial charge in [0.25, 0.3) is 0 Å². The van der Waals surface area contributed by atoms with E-state index in [2.05, 4.69) is 35.8 Å². The van der Waals surface area contributed by atoms with Crippen LogP contribution in [0.3, 0.4) is 0 Å². The average molecular weight is 215 g/mol. The Morgan fingerprint density at radius 2 is 1.77 bits per heavy atom. The first kappa shape index (κ1) is 11.3. The SMILES string of the molecule is CN=C1CCC(S[Si](C)(C)C)CC1. The molecule has 13 heavy (non-hydrogen) atoms. The molecule has 0 aromatic heterocycles. The van der Waals surface area contributed by atoms with Crippen molar-refractivity contribution in [2.75, 3.05) is 7.05 Å². The van der Waals surface area contributed by atoms with Gasteiger partial charge in [-0.25, -0.2) is 0 Å². The summed E-state index contributed by atoms with van der Waals surface area (Å²) in [4.78, 5) is 4.30. The van der Waals surface area contributed by atoms with Crippen LogP contribution >= 0.6 is 11.2 Å². The lowest BCUT2D eigenvalue weighted by molar-refractivity contribution is 0.685. The first-order valence-corrected chi connectivity index (χ1v) is 10.2. The van der Waals surface area contributed by atoms with Gasteiger partial charge < -0.3 is 0 Å². The molecule has 0 unspecified atom stereocenters. The summed E-state index contributed by atoms with van der Waals surface area (Å²) in [6.07, 6.45) is 5.22. The fourth-order valence-electron chi connectivity index (χ4n) is 1.77. The Hall–Kier alpha value is 0.237. The average Bonchev–Trinajstić information content (AvgIpc) is 2.03. The summed E-state index contributed by atoms with van der Waals surface area (Å²) in [5, 5.41) is 0.928. The van der Waals surface area contributed by atoms with E-state index in [0.29, 0.717) is 0 Å². The van der Waals surface area contributed by atoms with Crippen LogP contribution in [0.4, 0.5) is 0 Å². The lowest BCUT2D eigenvalue weighted by atomic mass is 9.98. The maximum absolute atomic E-state index is 4.30. The summed E-state index contributed by atoms with van der Waals surface area (Å²) in [7, 11) is 1.03. The van der Waals surface area contributed by atoms with Gasteiger partial charge in [-0.3, -0.25) is 4.99 Å². The van der Waals surface area contributed by atoms with Crippen molar-refractivity contribution in [1.29, 1.82) is 0 Å². The Morgan fingerprint density at radius 1 is 1.23 bits per heavy atom. The molecule has 0 radical (unpaired) electrons. The molecule has 0 atom stereocenters. The van der Waals surface area contributed by atoms with Gasteiger partial charge in [-0.05, 0) is 30.9 Å². The number of rotatable bonds is 2. The molecular formula is C10H21NSSi. The first-order chi connectivity index (χ1) is 6.01. The van der Waals surface area contributed by atoms with Gasteiger partial charge in [-0.1, -0.05) is 19.6 Å². The van der Waals surface area contributed by atoms with Crippen molar-refractivity contribution >= 4 is 24.1 Å². The number of hydrogen-bond acceptors (Lipinski definition) is 2. The summed E-state index contributed by atoms with van der Waals surface area (Å²) < 4.78 is 0. The molecule has 76 valence electrons. The van der Waals surface area contributed by atoms with E-state index in [1.807, 2.05) is 7.05 Å². The molecule has 0 saturated heterocycles. The van der Waals surface area contributed by atoms with Crippen LogP contribution < -0.4 is 0 Å². The van der Waals surface area contributed by atoms with Crippen LogP contribution in [-0.4, -0.2) is 25.2 Å². The lowest BCUT2D eigenvalue weighted by Crippen LogP contribution is -2.24. The monoisotopic (exact) mass is 215 g/mol. The van der Waals surface area contributed by atoms with Gasteiger partial charge in [0.1, 0.15) is 7.22 Å². The van der Waals surface area contributed by atoms with Crippen LogP contribution in [0.15, 0.2) is 4.99 Å². The third kappa shape index (κ3) is 4.32. The molecule has 0 aliphatic heterocycles. The molecule has 0 aromatic carbocycles. The molecule has 0 N–H and O–H groups in total. The minimum Gasteiger partial charge on any atom is -0.297 e. The Morgan fingerprint density at radius 3 is 2.15 bits per heavy atom. The maximum Gasteiger partial charge on any atom is 0.108 e. The van der Waals surface area contributed by atoms with E-state index in [0.717, 1.165) is 5.25 Å². The van der Waals surface area contributed by atoms with Crippen molar-refractivity contribution in [2.24, 2.45) is 4.99 Å². The molecule has 3 heteroatoms. The minimum atomic E-state index is -0.900. The highest BCUT2D eigenvalue weighted by Gasteiger charge is 2.24. The Bertz CT molecular complexity index is 186. The van der Waals surface area contributed by atoms with Crippen molar-refractivity contribution in [1.82, 2.24) is 0 Å². The zero-order valence-corrected chi connectivity index (χ0v) is 11.1. The van der Waals surface area contributed by atoms with Crippen molar-refractivity contribution in [3.05, 3.63) is 0 Å². The van der Waals surface area contributed by atoms with E-state index in [1.54, 1.807) is 0 Å².